The number of nitrogens with one attached hydrogen (secondary N) is 1. The number of nitrogens with zero attached hydrogens (tertiary/aromatic N) is 4. The van der Waals surface area contributed by atoms with E-state index in [1.807, 2.05) is 19.1 Å². The Labute approximate surface area is 167 Å². The first-order chi connectivity index (χ1) is 14.0. The first-order valence-electron chi connectivity index (χ1n) is 9.23. The van der Waals surface area contributed by atoms with Gasteiger partial charge in [-0.05, 0) is 25.0 Å². The Morgan fingerprint density at radius 2 is 2.10 bits per heavy atom. The molecule has 4 rings (SSSR count). The summed E-state index contributed by atoms with van der Waals surface area (Å²) >= 11 is 0. The number of rotatable bonds is 7. The first kappa shape index (κ1) is 19.0. The van der Waals surface area contributed by atoms with Crippen molar-refractivity contribution >= 4 is 22.8 Å². The van der Waals surface area contributed by atoms with Gasteiger partial charge in [-0.1, -0.05) is 12.2 Å². The van der Waals surface area contributed by atoms with Gasteiger partial charge in [0.2, 0.25) is 12.7 Å². The van der Waals surface area contributed by atoms with E-state index in [9.17, 15) is 4.79 Å². The van der Waals surface area contributed by atoms with Crippen LogP contribution in [0.15, 0.2) is 35.3 Å². The molecule has 1 aliphatic heterocycles. The molecule has 0 unspecified atom stereocenters. The fourth-order valence-corrected chi connectivity index (χ4v) is 3.28. The van der Waals surface area contributed by atoms with Crippen molar-refractivity contribution in [3.63, 3.8) is 0 Å². The van der Waals surface area contributed by atoms with Crippen LogP contribution in [0.5, 0.6) is 11.5 Å². The SMILES string of the molecule is C=C(CCn1c(=O)n(C)c2cnc(Nc3cc4c(cc3C)OCO4)nc21)COC. The summed E-state index contributed by atoms with van der Waals surface area (Å²) in [4.78, 5) is 21.6. The van der Waals surface area contributed by atoms with Gasteiger partial charge in [0.1, 0.15) is 5.52 Å². The molecule has 29 heavy (non-hydrogen) atoms. The van der Waals surface area contributed by atoms with Crippen LogP contribution in [0.25, 0.3) is 11.2 Å². The summed E-state index contributed by atoms with van der Waals surface area (Å²) in [6.45, 7) is 7.08. The number of imidazole rings is 1. The van der Waals surface area contributed by atoms with Crippen molar-refractivity contribution in [2.75, 3.05) is 25.8 Å². The van der Waals surface area contributed by atoms with Gasteiger partial charge in [0, 0.05) is 32.5 Å². The Kier molecular flexibility index (Phi) is 4.98. The Morgan fingerprint density at radius 3 is 2.86 bits per heavy atom. The number of aromatic nitrogens is 4. The lowest BCUT2D eigenvalue weighted by Gasteiger charge is -2.10. The number of benzene rings is 1. The molecule has 1 aliphatic rings. The number of anilines is 2. The summed E-state index contributed by atoms with van der Waals surface area (Å²) in [7, 11) is 3.34. The molecule has 9 heteroatoms. The molecule has 0 amide bonds. The van der Waals surface area contributed by atoms with Crippen LogP contribution in [-0.2, 0) is 18.3 Å². The number of hydrogen-bond donors (Lipinski definition) is 1. The van der Waals surface area contributed by atoms with Crippen LogP contribution in [0.4, 0.5) is 11.6 Å². The van der Waals surface area contributed by atoms with Crippen LogP contribution in [0, 0.1) is 6.92 Å². The van der Waals surface area contributed by atoms with Gasteiger partial charge in [0.15, 0.2) is 17.1 Å². The lowest BCUT2D eigenvalue weighted by Crippen LogP contribution is -2.22. The Hall–Kier alpha value is -3.33. The molecule has 1 aromatic carbocycles. The largest absolute Gasteiger partial charge is 0.454 e. The molecule has 0 saturated carbocycles. The van der Waals surface area contributed by atoms with Gasteiger partial charge in [-0.15, -0.1) is 0 Å². The highest BCUT2D eigenvalue weighted by molar-refractivity contribution is 5.73. The zero-order valence-electron chi connectivity index (χ0n) is 16.7. The molecule has 0 bridgehead atoms. The van der Waals surface area contributed by atoms with E-state index in [0.717, 1.165) is 22.6 Å². The molecule has 0 atom stereocenters. The van der Waals surface area contributed by atoms with Crippen molar-refractivity contribution in [2.24, 2.45) is 7.05 Å². The standard InChI is InChI=1S/C20H23N5O4/c1-12(10-27-4)5-6-25-18-15(24(3)20(25)26)9-21-19(23-18)22-14-8-17-16(7-13(14)2)28-11-29-17/h7-9H,1,5-6,10-11H2,2-4H3,(H,21,22,23). The maximum Gasteiger partial charge on any atom is 0.330 e. The quantitative estimate of drug-likeness (QED) is 0.612. The minimum absolute atomic E-state index is 0.143. The Balaban J connectivity index is 1.66. The predicted molar refractivity (Wildman–Crippen MR) is 109 cm³/mol. The minimum atomic E-state index is -0.143. The third-order valence-corrected chi connectivity index (χ3v) is 4.89. The first-order valence-corrected chi connectivity index (χ1v) is 9.23. The van der Waals surface area contributed by atoms with Crippen LogP contribution < -0.4 is 20.5 Å². The van der Waals surface area contributed by atoms with E-state index in [2.05, 4.69) is 21.9 Å². The maximum absolute atomic E-state index is 12.7. The summed E-state index contributed by atoms with van der Waals surface area (Å²) in [5.41, 5.74) is 3.79. The molecule has 0 radical (unpaired) electrons. The van der Waals surface area contributed by atoms with Crippen LogP contribution in [0.3, 0.4) is 0 Å². The van der Waals surface area contributed by atoms with Crippen LogP contribution in [0.1, 0.15) is 12.0 Å². The van der Waals surface area contributed by atoms with Crippen LogP contribution >= 0.6 is 0 Å². The second-order valence-corrected chi connectivity index (χ2v) is 6.97. The number of hydrogen-bond acceptors (Lipinski definition) is 7. The summed E-state index contributed by atoms with van der Waals surface area (Å²) in [5.74, 6) is 1.79. The van der Waals surface area contributed by atoms with E-state index in [1.165, 1.54) is 0 Å². The molecule has 3 heterocycles. The molecule has 0 aliphatic carbocycles. The predicted octanol–water partition coefficient (Wildman–Crippen LogP) is 2.50. The number of aryl methyl sites for hydroxylation is 3. The summed E-state index contributed by atoms with van der Waals surface area (Å²) < 4.78 is 19.1. The molecule has 0 saturated heterocycles. The van der Waals surface area contributed by atoms with Crippen molar-refractivity contribution in [3.05, 3.63) is 46.5 Å². The highest BCUT2D eigenvalue weighted by Gasteiger charge is 2.17. The highest BCUT2D eigenvalue weighted by atomic mass is 16.7. The zero-order valence-corrected chi connectivity index (χ0v) is 16.7. The molecule has 3 aromatic rings. The van der Waals surface area contributed by atoms with Crippen molar-refractivity contribution in [1.82, 2.24) is 19.1 Å². The third kappa shape index (κ3) is 3.56. The normalized spacial score (nSPS) is 12.5. The molecule has 9 nitrogen and oxygen atoms in total. The van der Waals surface area contributed by atoms with Crippen molar-refractivity contribution < 1.29 is 14.2 Å². The molecular formula is C20H23N5O4. The van der Waals surface area contributed by atoms with Gasteiger partial charge in [-0.3, -0.25) is 9.13 Å². The van der Waals surface area contributed by atoms with Gasteiger partial charge in [-0.2, -0.15) is 4.98 Å². The molecular weight excluding hydrogens is 374 g/mol. The Morgan fingerprint density at radius 1 is 1.34 bits per heavy atom. The van der Waals surface area contributed by atoms with Gasteiger partial charge >= 0.3 is 5.69 Å². The minimum Gasteiger partial charge on any atom is -0.454 e. The maximum atomic E-state index is 12.7. The second kappa shape index (κ2) is 7.59. The van der Waals surface area contributed by atoms with Gasteiger partial charge in [0.25, 0.3) is 0 Å². The molecule has 152 valence electrons. The van der Waals surface area contributed by atoms with E-state index in [0.29, 0.717) is 42.4 Å². The molecule has 1 N–H and O–H groups in total. The van der Waals surface area contributed by atoms with Crippen LogP contribution in [0.2, 0.25) is 0 Å². The molecule has 0 spiro atoms. The zero-order chi connectivity index (χ0) is 20.5. The average Bonchev–Trinajstić information content (AvgIpc) is 3.23. The topological polar surface area (TPSA) is 92.4 Å². The van der Waals surface area contributed by atoms with E-state index in [4.69, 9.17) is 14.2 Å². The molecule has 0 fully saturated rings. The number of methoxy groups -OCH3 is 1. The van der Waals surface area contributed by atoms with E-state index < -0.39 is 0 Å². The van der Waals surface area contributed by atoms with Crippen LogP contribution in [-0.4, -0.2) is 39.6 Å². The average molecular weight is 397 g/mol. The monoisotopic (exact) mass is 397 g/mol. The Bertz CT molecular complexity index is 1150. The van der Waals surface area contributed by atoms with Gasteiger partial charge < -0.3 is 19.5 Å². The number of ether oxygens (including phenoxy) is 3. The lowest BCUT2D eigenvalue weighted by molar-refractivity contribution is 0.174. The van der Waals surface area contributed by atoms with E-state index in [1.54, 1.807) is 29.5 Å². The van der Waals surface area contributed by atoms with Crippen molar-refractivity contribution in [2.45, 2.75) is 19.9 Å². The fraction of sp³-hybridized carbons (Fsp3) is 0.350. The summed E-state index contributed by atoms with van der Waals surface area (Å²) in [6, 6.07) is 3.76. The summed E-state index contributed by atoms with van der Waals surface area (Å²) in [5, 5.41) is 3.22. The highest BCUT2D eigenvalue weighted by Crippen LogP contribution is 2.37. The van der Waals surface area contributed by atoms with Gasteiger partial charge in [0.05, 0.1) is 12.8 Å². The van der Waals surface area contributed by atoms with Gasteiger partial charge in [-0.25, -0.2) is 9.78 Å². The van der Waals surface area contributed by atoms with Crippen molar-refractivity contribution in [3.8, 4) is 11.5 Å². The summed E-state index contributed by atoms with van der Waals surface area (Å²) in [6.07, 6.45) is 2.27. The third-order valence-electron chi connectivity index (χ3n) is 4.89. The lowest BCUT2D eigenvalue weighted by atomic mass is 10.2. The van der Waals surface area contributed by atoms with E-state index in [-0.39, 0.29) is 12.5 Å². The van der Waals surface area contributed by atoms with E-state index >= 15 is 0 Å². The number of fused-ring (bicyclic) bond motifs is 2. The molecule has 2 aromatic heterocycles. The smallest absolute Gasteiger partial charge is 0.330 e. The fourth-order valence-electron chi connectivity index (χ4n) is 3.28. The second-order valence-electron chi connectivity index (χ2n) is 6.97. The van der Waals surface area contributed by atoms with Crippen molar-refractivity contribution in [1.29, 1.82) is 0 Å².